The molecule has 1 aliphatic rings. The molecule has 1 fully saturated rings. The number of carbonyl (C=O) groups is 2. The molecule has 0 radical (unpaired) electrons. The Hall–Kier alpha value is -1.88. The molecule has 1 heterocycles. The normalized spacial score (nSPS) is 21.9. The van der Waals surface area contributed by atoms with E-state index < -0.39 is 18.2 Å². The number of likely N-dealkylation sites (tertiary alicyclic amines) is 1. The summed E-state index contributed by atoms with van der Waals surface area (Å²) in [5.41, 5.74) is 0.909. The van der Waals surface area contributed by atoms with Crippen LogP contribution in [0.5, 0.6) is 0 Å². The van der Waals surface area contributed by atoms with E-state index in [0.717, 1.165) is 12.0 Å². The van der Waals surface area contributed by atoms with Gasteiger partial charge in [0.05, 0.1) is 12.1 Å². The van der Waals surface area contributed by atoms with Gasteiger partial charge in [-0.3, -0.25) is 4.79 Å². The fourth-order valence-electron chi connectivity index (χ4n) is 2.61. The van der Waals surface area contributed by atoms with Gasteiger partial charge in [-0.15, -0.1) is 0 Å². The third-order valence-corrected chi connectivity index (χ3v) is 3.68. The lowest BCUT2D eigenvalue weighted by atomic mass is 9.95. The van der Waals surface area contributed by atoms with Gasteiger partial charge in [-0.2, -0.15) is 0 Å². The molecular weight excluding hydrogens is 270 g/mol. The van der Waals surface area contributed by atoms with E-state index in [4.69, 9.17) is 4.74 Å². The average Bonchev–Trinajstić information content (AvgIpc) is 2.47. The van der Waals surface area contributed by atoms with Crippen LogP contribution in [0.4, 0.5) is 4.79 Å². The maximum atomic E-state index is 12.2. The SMILES string of the molecule is CC(=O)C[C@H]1[C@@H](O)CCCN1C(=O)OCc1ccccc1. The van der Waals surface area contributed by atoms with E-state index >= 15 is 0 Å². The molecule has 1 aliphatic heterocycles. The summed E-state index contributed by atoms with van der Waals surface area (Å²) in [6.07, 6.45) is 0.369. The van der Waals surface area contributed by atoms with Gasteiger partial charge < -0.3 is 14.7 Å². The number of benzene rings is 1. The quantitative estimate of drug-likeness (QED) is 0.923. The zero-order valence-corrected chi connectivity index (χ0v) is 12.2. The highest BCUT2D eigenvalue weighted by atomic mass is 16.6. The Labute approximate surface area is 124 Å². The van der Waals surface area contributed by atoms with E-state index in [1.165, 1.54) is 11.8 Å². The number of ketones is 1. The fourth-order valence-corrected chi connectivity index (χ4v) is 2.61. The van der Waals surface area contributed by atoms with E-state index in [0.29, 0.717) is 13.0 Å². The second-order valence-electron chi connectivity index (χ2n) is 5.42. The number of piperidine rings is 1. The molecule has 21 heavy (non-hydrogen) atoms. The van der Waals surface area contributed by atoms with Crippen LogP contribution in [0.25, 0.3) is 0 Å². The number of aliphatic hydroxyl groups excluding tert-OH is 1. The Morgan fingerprint density at radius 2 is 2.05 bits per heavy atom. The van der Waals surface area contributed by atoms with Crippen molar-refractivity contribution < 1.29 is 19.4 Å². The number of rotatable bonds is 4. The maximum Gasteiger partial charge on any atom is 0.410 e. The molecule has 0 aromatic heterocycles. The number of hydrogen-bond donors (Lipinski definition) is 1. The van der Waals surface area contributed by atoms with Gasteiger partial charge in [-0.1, -0.05) is 30.3 Å². The van der Waals surface area contributed by atoms with Gasteiger partial charge in [0, 0.05) is 13.0 Å². The lowest BCUT2D eigenvalue weighted by molar-refractivity contribution is -0.119. The zero-order valence-electron chi connectivity index (χ0n) is 12.2. The molecule has 0 saturated carbocycles. The number of amides is 1. The van der Waals surface area contributed by atoms with Crippen LogP contribution in [-0.2, 0) is 16.1 Å². The first kappa shape index (κ1) is 15.5. The minimum Gasteiger partial charge on any atom is -0.445 e. The Balaban J connectivity index is 1.96. The van der Waals surface area contributed by atoms with E-state index in [-0.39, 0.29) is 18.8 Å². The second kappa shape index (κ2) is 7.22. The van der Waals surface area contributed by atoms with Crippen molar-refractivity contribution in [1.82, 2.24) is 4.90 Å². The molecule has 0 bridgehead atoms. The lowest BCUT2D eigenvalue weighted by Crippen LogP contribution is -2.51. The largest absolute Gasteiger partial charge is 0.445 e. The van der Waals surface area contributed by atoms with Gasteiger partial charge in [0.25, 0.3) is 0 Å². The highest BCUT2D eigenvalue weighted by Crippen LogP contribution is 2.22. The number of hydrogen-bond acceptors (Lipinski definition) is 4. The molecule has 5 heteroatoms. The van der Waals surface area contributed by atoms with Gasteiger partial charge >= 0.3 is 6.09 Å². The van der Waals surface area contributed by atoms with Gasteiger partial charge in [-0.25, -0.2) is 4.79 Å². The summed E-state index contributed by atoms with van der Waals surface area (Å²) in [4.78, 5) is 25.0. The molecule has 0 spiro atoms. The summed E-state index contributed by atoms with van der Waals surface area (Å²) in [6, 6.07) is 8.95. The van der Waals surface area contributed by atoms with Crippen LogP contribution < -0.4 is 0 Å². The van der Waals surface area contributed by atoms with Gasteiger partial charge in [0.2, 0.25) is 0 Å². The molecule has 0 aliphatic carbocycles. The highest BCUT2D eigenvalue weighted by molar-refractivity contribution is 5.77. The van der Waals surface area contributed by atoms with Crippen LogP contribution in [0.2, 0.25) is 0 Å². The van der Waals surface area contributed by atoms with Crippen molar-refractivity contribution in [1.29, 1.82) is 0 Å². The van der Waals surface area contributed by atoms with Crippen molar-refractivity contribution in [3.8, 4) is 0 Å². The molecule has 0 unspecified atom stereocenters. The molecule has 114 valence electrons. The van der Waals surface area contributed by atoms with Gasteiger partial charge in [0.15, 0.2) is 0 Å². The van der Waals surface area contributed by atoms with Gasteiger partial charge in [-0.05, 0) is 25.3 Å². The van der Waals surface area contributed by atoms with Crippen molar-refractivity contribution in [3.63, 3.8) is 0 Å². The average molecular weight is 291 g/mol. The summed E-state index contributed by atoms with van der Waals surface area (Å²) in [6.45, 7) is 2.18. The van der Waals surface area contributed by atoms with Crippen LogP contribution in [-0.4, -0.2) is 40.6 Å². The molecule has 1 N–H and O–H groups in total. The third kappa shape index (κ3) is 4.29. The summed E-state index contributed by atoms with van der Waals surface area (Å²) < 4.78 is 5.29. The predicted molar refractivity (Wildman–Crippen MR) is 77.7 cm³/mol. The Kier molecular flexibility index (Phi) is 5.33. The van der Waals surface area contributed by atoms with Crippen LogP contribution in [0.3, 0.4) is 0 Å². The number of aliphatic hydroxyl groups is 1. The van der Waals surface area contributed by atoms with Crippen LogP contribution in [0, 0.1) is 0 Å². The first-order valence-electron chi connectivity index (χ1n) is 7.22. The van der Waals surface area contributed by atoms with E-state index in [1.807, 2.05) is 30.3 Å². The Morgan fingerprint density at radius 3 is 2.71 bits per heavy atom. The van der Waals surface area contributed by atoms with Crippen molar-refractivity contribution in [2.45, 2.75) is 44.9 Å². The van der Waals surface area contributed by atoms with Crippen molar-refractivity contribution in [3.05, 3.63) is 35.9 Å². The van der Waals surface area contributed by atoms with E-state index in [1.54, 1.807) is 0 Å². The first-order chi connectivity index (χ1) is 10.1. The summed E-state index contributed by atoms with van der Waals surface area (Å²) in [5.74, 6) is -0.0400. The smallest absolute Gasteiger partial charge is 0.410 e. The number of carbonyl (C=O) groups excluding carboxylic acids is 2. The lowest BCUT2D eigenvalue weighted by Gasteiger charge is -2.37. The third-order valence-electron chi connectivity index (χ3n) is 3.68. The molecule has 1 saturated heterocycles. The molecule has 2 atom stereocenters. The zero-order chi connectivity index (χ0) is 15.2. The molecule has 5 nitrogen and oxygen atoms in total. The summed E-state index contributed by atoms with van der Waals surface area (Å²) in [7, 11) is 0. The minimum atomic E-state index is -0.660. The highest BCUT2D eigenvalue weighted by Gasteiger charge is 2.34. The number of nitrogens with zero attached hydrogens (tertiary/aromatic N) is 1. The van der Waals surface area contributed by atoms with Crippen molar-refractivity contribution >= 4 is 11.9 Å². The fraction of sp³-hybridized carbons (Fsp3) is 0.500. The topological polar surface area (TPSA) is 66.8 Å². The Morgan fingerprint density at radius 1 is 1.33 bits per heavy atom. The monoisotopic (exact) mass is 291 g/mol. The van der Waals surface area contributed by atoms with E-state index in [9.17, 15) is 14.7 Å². The predicted octanol–water partition coefficient (Wildman–Crippen LogP) is 2.13. The molecular formula is C16H21NO4. The molecule has 1 aromatic carbocycles. The minimum absolute atomic E-state index is 0.0400. The second-order valence-corrected chi connectivity index (χ2v) is 5.42. The Bertz CT molecular complexity index is 488. The van der Waals surface area contributed by atoms with Crippen LogP contribution in [0.1, 0.15) is 31.7 Å². The van der Waals surface area contributed by atoms with Crippen molar-refractivity contribution in [2.24, 2.45) is 0 Å². The summed E-state index contributed by atoms with van der Waals surface area (Å²) >= 11 is 0. The first-order valence-corrected chi connectivity index (χ1v) is 7.22. The molecule has 1 aromatic rings. The standard InChI is InChI=1S/C16H21NO4/c1-12(18)10-14-15(19)8-5-9-17(14)16(20)21-11-13-6-3-2-4-7-13/h2-4,6-7,14-15,19H,5,8-11H2,1H3/t14-,15-/m0/s1. The van der Waals surface area contributed by atoms with Gasteiger partial charge in [0.1, 0.15) is 12.4 Å². The van der Waals surface area contributed by atoms with Crippen LogP contribution >= 0.6 is 0 Å². The summed E-state index contributed by atoms with van der Waals surface area (Å²) in [5, 5.41) is 10.0. The van der Waals surface area contributed by atoms with Crippen molar-refractivity contribution in [2.75, 3.05) is 6.54 Å². The number of ether oxygens (including phenoxy) is 1. The molecule has 1 amide bonds. The molecule has 2 rings (SSSR count). The maximum absolute atomic E-state index is 12.2. The van der Waals surface area contributed by atoms with E-state index in [2.05, 4.69) is 0 Å². The number of Topliss-reactive ketones (excluding diaryl/α,β-unsaturated/α-hetero) is 1. The van der Waals surface area contributed by atoms with Crippen LogP contribution in [0.15, 0.2) is 30.3 Å².